The second-order valence-corrected chi connectivity index (χ2v) is 10.6. The average Bonchev–Trinajstić information content (AvgIpc) is 2.86. The number of likely N-dealkylation sites (N-methyl/N-ethyl adjacent to an activating group) is 1. The molecular weight excluding hydrogens is 434 g/mol. The Morgan fingerprint density at radius 2 is 1.34 bits per heavy atom. The number of benzene rings is 2. The van der Waals surface area contributed by atoms with Crippen LogP contribution in [0.3, 0.4) is 0 Å². The first-order valence-electron chi connectivity index (χ1n) is 13.6. The molecule has 5 nitrogen and oxygen atoms in total. The highest BCUT2D eigenvalue weighted by molar-refractivity contribution is 5.26. The largest absolute Gasteiger partial charge is 0.494 e. The summed E-state index contributed by atoms with van der Waals surface area (Å²) in [7, 11) is 2.28. The topological polar surface area (TPSA) is 28.2 Å². The molecule has 35 heavy (non-hydrogen) atoms. The van der Waals surface area contributed by atoms with Gasteiger partial charge in [0.05, 0.1) is 6.61 Å². The number of hydrogen-bond donors (Lipinski definition) is 0. The molecule has 5 heteroatoms. The summed E-state index contributed by atoms with van der Waals surface area (Å²) in [6.45, 7) is 13.9. The predicted octanol–water partition coefficient (Wildman–Crippen LogP) is 4.87. The molecular formula is C30H45N3O2. The van der Waals surface area contributed by atoms with Gasteiger partial charge in [0, 0.05) is 38.8 Å². The molecule has 1 unspecified atom stereocenters. The van der Waals surface area contributed by atoms with Crippen LogP contribution < -0.4 is 9.47 Å². The number of rotatable bonds is 11. The number of nitrogens with zero attached hydrogens (tertiary/aromatic N) is 3. The third kappa shape index (κ3) is 8.52. The van der Waals surface area contributed by atoms with Crippen LogP contribution in [0.1, 0.15) is 36.8 Å². The Bertz CT molecular complexity index is 862. The van der Waals surface area contributed by atoms with Crippen molar-refractivity contribution in [2.75, 3.05) is 66.1 Å². The van der Waals surface area contributed by atoms with E-state index in [4.69, 9.17) is 9.47 Å². The Morgan fingerprint density at radius 3 is 1.97 bits per heavy atom. The maximum Gasteiger partial charge on any atom is 0.119 e. The van der Waals surface area contributed by atoms with Gasteiger partial charge in [-0.05, 0) is 89.9 Å². The maximum absolute atomic E-state index is 5.98. The van der Waals surface area contributed by atoms with Crippen molar-refractivity contribution in [2.45, 2.75) is 45.6 Å². The number of piperidine rings is 1. The molecule has 4 rings (SSSR count). The lowest BCUT2D eigenvalue weighted by Crippen LogP contribution is -2.53. The van der Waals surface area contributed by atoms with E-state index in [1.54, 1.807) is 0 Å². The molecule has 0 radical (unpaired) electrons. The van der Waals surface area contributed by atoms with Crippen molar-refractivity contribution >= 4 is 0 Å². The van der Waals surface area contributed by atoms with Crippen LogP contribution in [0.2, 0.25) is 0 Å². The Kier molecular flexibility index (Phi) is 9.87. The van der Waals surface area contributed by atoms with E-state index in [1.807, 2.05) is 0 Å². The molecule has 192 valence electrons. The monoisotopic (exact) mass is 479 g/mol. The molecule has 0 amide bonds. The lowest BCUT2D eigenvalue weighted by Gasteiger charge is -2.42. The summed E-state index contributed by atoms with van der Waals surface area (Å²) < 4.78 is 11.9. The summed E-state index contributed by atoms with van der Waals surface area (Å²) in [5.41, 5.74) is 2.55. The minimum absolute atomic E-state index is 0.676. The van der Waals surface area contributed by atoms with E-state index in [0.717, 1.165) is 50.1 Å². The van der Waals surface area contributed by atoms with Gasteiger partial charge in [-0.25, -0.2) is 0 Å². The first kappa shape index (κ1) is 26.0. The molecule has 0 saturated carbocycles. The summed E-state index contributed by atoms with van der Waals surface area (Å²) in [5, 5.41) is 0. The van der Waals surface area contributed by atoms with E-state index in [0.29, 0.717) is 6.04 Å². The average molecular weight is 480 g/mol. The molecule has 2 aliphatic heterocycles. The van der Waals surface area contributed by atoms with Crippen LogP contribution in [0.15, 0.2) is 48.5 Å². The number of likely N-dealkylation sites (tertiary alicyclic amines) is 1. The van der Waals surface area contributed by atoms with Crippen LogP contribution in [0.4, 0.5) is 0 Å². The molecule has 2 heterocycles. The minimum atomic E-state index is 0.676. The van der Waals surface area contributed by atoms with Crippen LogP contribution in [0.5, 0.6) is 11.5 Å². The van der Waals surface area contributed by atoms with E-state index >= 15 is 0 Å². The van der Waals surface area contributed by atoms with Gasteiger partial charge in [0.2, 0.25) is 0 Å². The summed E-state index contributed by atoms with van der Waals surface area (Å²) in [6.07, 6.45) is 5.05. The molecule has 2 saturated heterocycles. The van der Waals surface area contributed by atoms with Crippen LogP contribution in [-0.4, -0.2) is 86.8 Å². The van der Waals surface area contributed by atoms with Gasteiger partial charge in [0.25, 0.3) is 0 Å². The molecule has 2 aromatic rings. The molecule has 0 spiro atoms. The highest BCUT2D eigenvalue weighted by Crippen LogP contribution is 2.26. The molecule has 2 aliphatic rings. The minimum Gasteiger partial charge on any atom is -0.494 e. The van der Waals surface area contributed by atoms with Gasteiger partial charge in [-0.15, -0.1) is 0 Å². The standard InChI is InChI=1S/C30H45N3O2/c1-25-5-9-29(10-6-25)34-21-4-15-33-19-18-31(3)24-28(33)23-27-13-16-32(17-14-27)20-22-35-30-11-7-26(2)8-12-30/h5-12,27-28H,4,13-24H2,1-3H3. The number of piperazine rings is 1. The maximum atomic E-state index is 5.98. The Balaban J connectivity index is 1.14. The van der Waals surface area contributed by atoms with Crippen LogP contribution in [0.25, 0.3) is 0 Å². The van der Waals surface area contributed by atoms with Crippen LogP contribution in [-0.2, 0) is 0 Å². The lowest BCUT2D eigenvalue weighted by atomic mass is 9.88. The van der Waals surface area contributed by atoms with Gasteiger partial charge in [-0.2, -0.15) is 0 Å². The highest BCUT2D eigenvalue weighted by atomic mass is 16.5. The second-order valence-electron chi connectivity index (χ2n) is 10.6. The zero-order valence-corrected chi connectivity index (χ0v) is 22.1. The van der Waals surface area contributed by atoms with Crippen molar-refractivity contribution in [3.05, 3.63) is 59.7 Å². The summed E-state index contributed by atoms with van der Waals surface area (Å²) in [5.74, 6) is 2.81. The molecule has 0 bridgehead atoms. The van der Waals surface area contributed by atoms with Gasteiger partial charge in [-0.3, -0.25) is 9.80 Å². The van der Waals surface area contributed by atoms with Gasteiger partial charge in [0.1, 0.15) is 18.1 Å². The lowest BCUT2D eigenvalue weighted by molar-refractivity contribution is 0.0580. The zero-order valence-electron chi connectivity index (χ0n) is 22.1. The van der Waals surface area contributed by atoms with E-state index in [1.165, 1.54) is 63.1 Å². The van der Waals surface area contributed by atoms with Gasteiger partial charge >= 0.3 is 0 Å². The van der Waals surface area contributed by atoms with Crippen molar-refractivity contribution < 1.29 is 9.47 Å². The molecule has 2 fully saturated rings. The van der Waals surface area contributed by atoms with Crippen LogP contribution in [0, 0.1) is 19.8 Å². The Hall–Kier alpha value is -2.08. The first-order valence-corrected chi connectivity index (χ1v) is 13.6. The zero-order chi connectivity index (χ0) is 24.5. The summed E-state index contributed by atoms with van der Waals surface area (Å²) in [4.78, 5) is 7.83. The van der Waals surface area contributed by atoms with Crippen molar-refractivity contribution in [1.82, 2.24) is 14.7 Å². The fourth-order valence-electron chi connectivity index (χ4n) is 5.42. The van der Waals surface area contributed by atoms with E-state index in [9.17, 15) is 0 Å². The highest BCUT2D eigenvalue weighted by Gasteiger charge is 2.29. The Morgan fingerprint density at radius 1 is 0.743 bits per heavy atom. The number of hydrogen-bond acceptors (Lipinski definition) is 5. The predicted molar refractivity (Wildman–Crippen MR) is 145 cm³/mol. The van der Waals surface area contributed by atoms with Crippen molar-refractivity contribution in [1.29, 1.82) is 0 Å². The van der Waals surface area contributed by atoms with Crippen LogP contribution >= 0.6 is 0 Å². The molecule has 0 aliphatic carbocycles. The molecule has 0 N–H and O–H groups in total. The quantitative estimate of drug-likeness (QED) is 0.429. The number of ether oxygens (including phenoxy) is 2. The van der Waals surface area contributed by atoms with Gasteiger partial charge in [0.15, 0.2) is 0 Å². The van der Waals surface area contributed by atoms with Crippen molar-refractivity contribution in [2.24, 2.45) is 5.92 Å². The third-order valence-corrected chi connectivity index (χ3v) is 7.70. The fraction of sp³-hybridized carbons (Fsp3) is 0.600. The van der Waals surface area contributed by atoms with E-state index in [2.05, 4.69) is 84.1 Å². The molecule has 1 atom stereocenters. The van der Waals surface area contributed by atoms with E-state index in [-0.39, 0.29) is 0 Å². The molecule has 0 aromatic heterocycles. The summed E-state index contributed by atoms with van der Waals surface area (Å²) in [6, 6.07) is 17.4. The molecule has 2 aromatic carbocycles. The van der Waals surface area contributed by atoms with Crippen molar-refractivity contribution in [3.63, 3.8) is 0 Å². The third-order valence-electron chi connectivity index (χ3n) is 7.70. The normalized spacial score (nSPS) is 20.7. The fourth-order valence-corrected chi connectivity index (χ4v) is 5.42. The smallest absolute Gasteiger partial charge is 0.119 e. The van der Waals surface area contributed by atoms with Crippen molar-refractivity contribution in [3.8, 4) is 11.5 Å². The summed E-state index contributed by atoms with van der Waals surface area (Å²) >= 11 is 0. The van der Waals surface area contributed by atoms with Gasteiger partial charge < -0.3 is 14.4 Å². The van der Waals surface area contributed by atoms with E-state index < -0.39 is 0 Å². The first-order chi connectivity index (χ1) is 17.0. The SMILES string of the molecule is Cc1ccc(OCCCN2CCN(C)CC2CC2CCN(CCOc3ccc(C)cc3)CC2)cc1. The van der Waals surface area contributed by atoms with Gasteiger partial charge in [-0.1, -0.05) is 35.4 Å². The number of aryl methyl sites for hydroxylation is 2. The second kappa shape index (κ2) is 13.3. The Labute approximate surface area is 213 Å².